The van der Waals surface area contributed by atoms with Gasteiger partial charge in [0.05, 0.1) is 12.5 Å². The number of imidazole rings is 1. The molecule has 1 heterocycles. The minimum Gasteiger partial charge on any atom is -0.247 e. The number of nitrogens with one attached hydrogen (secondary N) is 1. The van der Waals surface area contributed by atoms with E-state index in [0.29, 0.717) is 0 Å². The van der Waals surface area contributed by atoms with Crippen LogP contribution >= 0.6 is 0 Å². The standard InChI is InChI=1S/C34H66N2/c1-4-7-9-11-13-14-15-16-17-18-19-20-21-22-23-25-27-29-33(28-26-24-12-10-8-5-2)34-35-30-32-36(34)31-6-3/h30,32-33H,4-29,31H2,1-3H3/p+1/t33-/m0/s1. The van der Waals surface area contributed by atoms with Crippen LogP contribution in [0.2, 0.25) is 0 Å². The van der Waals surface area contributed by atoms with Crippen LogP contribution in [0.15, 0.2) is 12.4 Å². The molecule has 1 rings (SSSR count). The number of aromatic nitrogens is 2. The summed E-state index contributed by atoms with van der Waals surface area (Å²) >= 11 is 0. The number of rotatable bonds is 28. The average Bonchev–Trinajstić information content (AvgIpc) is 3.35. The lowest BCUT2D eigenvalue weighted by Crippen LogP contribution is -2.37. The molecular formula is C34H67N2+. The zero-order chi connectivity index (χ0) is 25.9. The Morgan fingerprint density at radius 2 is 0.861 bits per heavy atom. The fourth-order valence-corrected chi connectivity index (χ4v) is 5.87. The van der Waals surface area contributed by atoms with E-state index < -0.39 is 0 Å². The first kappa shape index (κ1) is 33.2. The molecule has 1 aromatic rings. The van der Waals surface area contributed by atoms with Gasteiger partial charge in [-0.25, -0.2) is 9.55 Å². The summed E-state index contributed by atoms with van der Waals surface area (Å²) in [6.07, 6.45) is 41.6. The molecule has 0 aliphatic heterocycles. The van der Waals surface area contributed by atoms with Crippen LogP contribution in [0.5, 0.6) is 0 Å². The van der Waals surface area contributed by atoms with Crippen molar-refractivity contribution in [2.24, 2.45) is 0 Å². The predicted molar refractivity (Wildman–Crippen MR) is 161 cm³/mol. The molecule has 0 aliphatic carbocycles. The third kappa shape index (κ3) is 18.5. The van der Waals surface area contributed by atoms with Crippen LogP contribution in [0, 0.1) is 0 Å². The molecule has 0 fully saturated rings. The number of hydrogen-bond donors (Lipinski definition) is 1. The van der Waals surface area contributed by atoms with E-state index in [2.05, 4.69) is 42.7 Å². The van der Waals surface area contributed by atoms with Gasteiger partial charge in [-0.05, 0) is 19.3 Å². The molecule has 0 radical (unpaired) electrons. The van der Waals surface area contributed by atoms with Crippen molar-refractivity contribution in [3.8, 4) is 0 Å². The SMILES string of the molecule is CCCCCCCCCCCCCCCCCCC[C@H](CCCCCCCC)c1[nH]cc[n+]1CCC. The van der Waals surface area contributed by atoms with Crippen molar-refractivity contribution >= 4 is 0 Å². The Balaban J connectivity index is 2.06. The second-order valence-electron chi connectivity index (χ2n) is 11.7. The minimum atomic E-state index is 0.731. The van der Waals surface area contributed by atoms with Crippen molar-refractivity contribution in [3.63, 3.8) is 0 Å². The van der Waals surface area contributed by atoms with Crippen LogP contribution in [0.1, 0.15) is 199 Å². The van der Waals surface area contributed by atoms with Gasteiger partial charge < -0.3 is 0 Å². The summed E-state index contributed by atoms with van der Waals surface area (Å²) in [7, 11) is 0. The lowest BCUT2D eigenvalue weighted by Gasteiger charge is -2.14. The van der Waals surface area contributed by atoms with E-state index in [1.54, 1.807) is 0 Å². The predicted octanol–water partition coefficient (Wildman–Crippen LogP) is 11.6. The molecule has 0 saturated carbocycles. The molecule has 1 atom stereocenters. The Hall–Kier alpha value is -0.790. The lowest BCUT2D eigenvalue weighted by atomic mass is 9.93. The van der Waals surface area contributed by atoms with Crippen molar-refractivity contribution in [2.75, 3.05) is 0 Å². The van der Waals surface area contributed by atoms with Gasteiger partial charge in [0.25, 0.3) is 5.82 Å². The summed E-state index contributed by atoms with van der Waals surface area (Å²) < 4.78 is 2.50. The van der Waals surface area contributed by atoms with Crippen LogP contribution in [0.25, 0.3) is 0 Å². The number of aryl methyl sites for hydroxylation is 1. The average molecular weight is 504 g/mol. The molecule has 2 nitrogen and oxygen atoms in total. The topological polar surface area (TPSA) is 19.7 Å². The summed E-state index contributed by atoms with van der Waals surface area (Å²) in [6, 6.07) is 0. The lowest BCUT2D eigenvalue weighted by molar-refractivity contribution is -0.704. The third-order valence-electron chi connectivity index (χ3n) is 8.21. The Morgan fingerprint density at radius 3 is 1.22 bits per heavy atom. The molecule has 0 bridgehead atoms. The molecule has 0 aromatic carbocycles. The van der Waals surface area contributed by atoms with Gasteiger partial charge in [0.1, 0.15) is 12.4 Å². The van der Waals surface area contributed by atoms with Gasteiger partial charge in [0.15, 0.2) is 0 Å². The Morgan fingerprint density at radius 1 is 0.500 bits per heavy atom. The van der Waals surface area contributed by atoms with E-state index in [9.17, 15) is 0 Å². The molecule has 0 aliphatic rings. The molecule has 212 valence electrons. The van der Waals surface area contributed by atoms with Crippen LogP contribution in [-0.4, -0.2) is 4.98 Å². The fourth-order valence-electron chi connectivity index (χ4n) is 5.87. The zero-order valence-corrected chi connectivity index (χ0v) is 25.3. The first-order valence-electron chi connectivity index (χ1n) is 16.9. The quantitative estimate of drug-likeness (QED) is 0.0866. The van der Waals surface area contributed by atoms with E-state index >= 15 is 0 Å². The van der Waals surface area contributed by atoms with Gasteiger partial charge >= 0.3 is 0 Å². The summed E-state index contributed by atoms with van der Waals surface area (Å²) in [5, 5.41) is 0. The third-order valence-corrected chi connectivity index (χ3v) is 8.21. The fraction of sp³-hybridized carbons (Fsp3) is 0.912. The minimum absolute atomic E-state index is 0.731. The van der Waals surface area contributed by atoms with Gasteiger partial charge in [-0.2, -0.15) is 0 Å². The summed E-state index contributed by atoms with van der Waals surface area (Å²) in [5.41, 5.74) is 0. The van der Waals surface area contributed by atoms with Crippen molar-refractivity contribution < 1.29 is 4.57 Å². The monoisotopic (exact) mass is 504 g/mol. The van der Waals surface area contributed by atoms with Crippen LogP contribution in [-0.2, 0) is 6.54 Å². The number of hydrogen-bond acceptors (Lipinski definition) is 0. The van der Waals surface area contributed by atoms with E-state index in [0.717, 1.165) is 12.5 Å². The van der Waals surface area contributed by atoms with Crippen LogP contribution in [0.3, 0.4) is 0 Å². The zero-order valence-electron chi connectivity index (χ0n) is 25.3. The first-order valence-corrected chi connectivity index (χ1v) is 16.9. The van der Waals surface area contributed by atoms with Crippen molar-refractivity contribution in [1.29, 1.82) is 0 Å². The van der Waals surface area contributed by atoms with E-state index in [4.69, 9.17) is 0 Å². The Bertz CT molecular complexity index is 549. The highest BCUT2D eigenvalue weighted by Crippen LogP contribution is 2.26. The van der Waals surface area contributed by atoms with Crippen LogP contribution < -0.4 is 4.57 Å². The Kier molecular flexibility index (Phi) is 23.9. The molecule has 0 saturated heterocycles. The van der Waals surface area contributed by atoms with Crippen molar-refractivity contribution in [3.05, 3.63) is 18.2 Å². The maximum absolute atomic E-state index is 3.62. The normalized spacial score (nSPS) is 12.4. The molecule has 1 aromatic heterocycles. The smallest absolute Gasteiger partial charge is 0.247 e. The number of H-pyrrole nitrogens is 1. The molecule has 36 heavy (non-hydrogen) atoms. The summed E-state index contributed by atoms with van der Waals surface area (Å²) in [4.78, 5) is 3.62. The molecule has 2 heteroatoms. The van der Waals surface area contributed by atoms with Gasteiger partial charge in [-0.15, -0.1) is 0 Å². The highest BCUT2D eigenvalue weighted by molar-refractivity contribution is 4.90. The second kappa shape index (κ2) is 25.8. The van der Waals surface area contributed by atoms with Gasteiger partial charge in [0, 0.05) is 0 Å². The number of nitrogens with zero attached hydrogens (tertiary/aromatic N) is 1. The van der Waals surface area contributed by atoms with E-state index in [1.807, 2.05) is 0 Å². The summed E-state index contributed by atoms with van der Waals surface area (Å²) in [6.45, 7) is 8.07. The molecule has 0 unspecified atom stereocenters. The first-order chi connectivity index (χ1) is 17.8. The van der Waals surface area contributed by atoms with Gasteiger partial charge in [-0.1, -0.05) is 168 Å². The molecule has 0 spiro atoms. The second-order valence-corrected chi connectivity index (χ2v) is 11.7. The molecule has 0 amide bonds. The highest BCUT2D eigenvalue weighted by Gasteiger charge is 2.22. The summed E-state index contributed by atoms with van der Waals surface area (Å²) in [5.74, 6) is 2.23. The number of aromatic amines is 1. The number of unbranched alkanes of at least 4 members (excludes halogenated alkanes) is 21. The van der Waals surface area contributed by atoms with Crippen LogP contribution in [0.4, 0.5) is 0 Å². The van der Waals surface area contributed by atoms with Gasteiger partial charge in [0.2, 0.25) is 0 Å². The molecular weight excluding hydrogens is 436 g/mol. The van der Waals surface area contributed by atoms with Gasteiger partial charge in [-0.3, -0.25) is 0 Å². The highest BCUT2D eigenvalue weighted by atomic mass is 15.1. The maximum atomic E-state index is 3.62. The Labute approximate surface area is 227 Å². The van der Waals surface area contributed by atoms with Crippen molar-refractivity contribution in [2.45, 2.75) is 200 Å². The van der Waals surface area contributed by atoms with E-state index in [-0.39, 0.29) is 0 Å². The van der Waals surface area contributed by atoms with Crippen molar-refractivity contribution in [1.82, 2.24) is 4.98 Å². The van der Waals surface area contributed by atoms with E-state index in [1.165, 1.54) is 173 Å². The molecule has 1 N–H and O–H groups in total. The largest absolute Gasteiger partial charge is 0.257 e. The maximum Gasteiger partial charge on any atom is 0.257 e.